The normalized spacial score (nSPS) is 8.46. The largest absolute Gasteiger partial charge is 0.522 e. The third-order valence-electron chi connectivity index (χ3n) is 1.37. The van der Waals surface area contributed by atoms with E-state index in [1.54, 1.807) is 6.92 Å². The minimum absolute atomic E-state index is 0.316. The molecule has 0 N–H and O–H groups in total. The van der Waals surface area contributed by atoms with Crippen molar-refractivity contribution in [3.05, 3.63) is 0 Å². The lowest BCUT2D eigenvalue weighted by molar-refractivity contribution is 0.0950. The van der Waals surface area contributed by atoms with Crippen LogP contribution in [0.2, 0.25) is 0 Å². The zero-order chi connectivity index (χ0) is 9.94. The van der Waals surface area contributed by atoms with E-state index in [1.807, 2.05) is 0 Å². The topological polar surface area (TPSA) is 35.5 Å². The second kappa shape index (κ2) is 8.92. The first kappa shape index (κ1) is 11.8. The molecule has 0 spiro atoms. The number of rotatable bonds is 4. The highest BCUT2D eigenvalue weighted by molar-refractivity contribution is 5.61. The number of carbonyl (C=O) groups is 1. The van der Waals surface area contributed by atoms with Gasteiger partial charge in [0.05, 0.1) is 6.61 Å². The SMILES string of the molecule is CCCCCC#COC(=O)OCC. The van der Waals surface area contributed by atoms with Crippen LogP contribution < -0.4 is 0 Å². The average molecular weight is 184 g/mol. The molecule has 0 heterocycles. The van der Waals surface area contributed by atoms with Gasteiger partial charge < -0.3 is 9.47 Å². The van der Waals surface area contributed by atoms with Crippen molar-refractivity contribution in [1.29, 1.82) is 0 Å². The number of carbonyl (C=O) groups excluding carboxylic acids is 1. The van der Waals surface area contributed by atoms with Crippen LogP contribution in [0.15, 0.2) is 0 Å². The van der Waals surface area contributed by atoms with Crippen molar-refractivity contribution >= 4 is 6.16 Å². The Labute approximate surface area is 79.4 Å². The van der Waals surface area contributed by atoms with Gasteiger partial charge >= 0.3 is 6.16 Å². The standard InChI is InChI=1S/C10H16O3/c1-3-5-6-7-8-9-13-10(11)12-4-2/h3-7H2,1-2H3. The van der Waals surface area contributed by atoms with Crippen LogP contribution >= 0.6 is 0 Å². The highest BCUT2D eigenvalue weighted by Gasteiger charge is 1.96. The van der Waals surface area contributed by atoms with E-state index >= 15 is 0 Å². The Bertz CT molecular complexity index is 188. The molecular formula is C10H16O3. The van der Waals surface area contributed by atoms with Crippen LogP contribution in [0.3, 0.4) is 0 Å². The summed E-state index contributed by atoms with van der Waals surface area (Å²) in [4.78, 5) is 10.6. The van der Waals surface area contributed by atoms with Gasteiger partial charge in [-0.1, -0.05) is 25.7 Å². The van der Waals surface area contributed by atoms with Gasteiger partial charge in [0.2, 0.25) is 0 Å². The van der Waals surface area contributed by atoms with Gasteiger partial charge in [0.1, 0.15) is 6.11 Å². The van der Waals surface area contributed by atoms with Crippen LogP contribution in [0.25, 0.3) is 0 Å². The Balaban J connectivity index is 3.33. The molecule has 0 aliphatic carbocycles. The molecule has 0 unspecified atom stereocenters. The Kier molecular flexibility index (Phi) is 8.12. The molecule has 0 saturated heterocycles. The maximum atomic E-state index is 10.6. The summed E-state index contributed by atoms with van der Waals surface area (Å²) in [7, 11) is 0. The van der Waals surface area contributed by atoms with Gasteiger partial charge in [-0.2, -0.15) is 0 Å². The Morgan fingerprint density at radius 3 is 2.69 bits per heavy atom. The zero-order valence-corrected chi connectivity index (χ0v) is 8.26. The predicted molar refractivity (Wildman–Crippen MR) is 50.0 cm³/mol. The molecule has 0 amide bonds. The summed E-state index contributed by atoms with van der Waals surface area (Å²) in [6.45, 7) is 4.16. The summed E-state index contributed by atoms with van der Waals surface area (Å²) < 4.78 is 8.95. The van der Waals surface area contributed by atoms with Gasteiger partial charge in [-0.15, -0.1) is 0 Å². The first-order valence-corrected chi connectivity index (χ1v) is 4.62. The number of unbranched alkanes of at least 4 members (excludes halogenated alkanes) is 3. The van der Waals surface area contributed by atoms with E-state index in [0.717, 1.165) is 19.3 Å². The maximum Gasteiger partial charge on any atom is 0.522 e. The number of ether oxygens (including phenoxy) is 2. The monoisotopic (exact) mass is 184 g/mol. The molecule has 0 aliphatic heterocycles. The molecule has 0 aromatic heterocycles. The van der Waals surface area contributed by atoms with Crippen molar-refractivity contribution in [2.24, 2.45) is 0 Å². The van der Waals surface area contributed by atoms with E-state index in [1.165, 1.54) is 6.42 Å². The van der Waals surface area contributed by atoms with Gasteiger partial charge in [-0.25, -0.2) is 4.79 Å². The van der Waals surface area contributed by atoms with Gasteiger partial charge in [0, 0.05) is 6.42 Å². The Morgan fingerprint density at radius 1 is 1.31 bits per heavy atom. The van der Waals surface area contributed by atoms with Crippen molar-refractivity contribution in [1.82, 2.24) is 0 Å². The van der Waals surface area contributed by atoms with Crippen LogP contribution in [0.1, 0.15) is 39.5 Å². The lowest BCUT2D eigenvalue weighted by Crippen LogP contribution is -2.02. The molecule has 3 nitrogen and oxygen atoms in total. The lowest BCUT2D eigenvalue weighted by Gasteiger charge is -1.94. The number of hydrogen-bond acceptors (Lipinski definition) is 3. The molecule has 0 bridgehead atoms. The minimum atomic E-state index is -0.717. The fourth-order valence-corrected chi connectivity index (χ4v) is 0.739. The predicted octanol–water partition coefficient (Wildman–Crippen LogP) is 2.70. The number of hydrogen-bond donors (Lipinski definition) is 0. The molecule has 0 aliphatic rings. The Morgan fingerprint density at radius 2 is 2.08 bits per heavy atom. The van der Waals surface area contributed by atoms with E-state index < -0.39 is 6.16 Å². The third-order valence-corrected chi connectivity index (χ3v) is 1.37. The van der Waals surface area contributed by atoms with Gasteiger partial charge in [0.15, 0.2) is 0 Å². The molecule has 0 saturated carbocycles. The lowest BCUT2D eigenvalue weighted by atomic mass is 10.2. The molecule has 0 aromatic rings. The summed E-state index contributed by atoms with van der Waals surface area (Å²) in [5.41, 5.74) is 0. The molecule has 74 valence electrons. The van der Waals surface area contributed by atoms with Crippen LogP contribution in [-0.4, -0.2) is 12.8 Å². The first-order chi connectivity index (χ1) is 6.31. The van der Waals surface area contributed by atoms with Crippen molar-refractivity contribution in [2.45, 2.75) is 39.5 Å². The van der Waals surface area contributed by atoms with Crippen LogP contribution in [0, 0.1) is 12.0 Å². The summed E-state index contributed by atoms with van der Waals surface area (Å²) in [6, 6.07) is 0. The maximum absolute atomic E-state index is 10.6. The highest BCUT2D eigenvalue weighted by atomic mass is 16.7. The second-order valence-electron chi connectivity index (χ2n) is 2.52. The van der Waals surface area contributed by atoms with E-state index in [-0.39, 0.29) is 0 Å². The molecule has 0 aromatic carbocycles. The van der Waals surface area contributed by atoms with Crippen LogP contribution in [0.5, 0.6) is 0 Å². The van der Waals surface area contributed by atoms with E-state index in [2.05, 4.69) is 28.4 Å². The Hall–Kier alpha value is -1.17. The summed E-state index contributed by atoms with van der Waals surface area (Å²) in [5, 5.41) is 0. The molecule has 0 rings (SSSR count). The molecule has 3 heteroatoms. The van der Waals surface area contributed by atoms with Crippen molar-refractivity contribution in [3.8, 4) is 12.0 Å². The van der Waals surface area contributed by atoms with Crippen LogP contribution in [0.4, 0.5) is 4.79 Å². The third kappa shape index (κ3) is 8.74. The van der Waals surface area contributed by atoms with Gasteiger partial charge in [0.25, 0.3) is 0 Å². The van der Waals surface area contributed by atoms with E-state index in [9.17, 15) is 4.79 Å². The average Bonchev–Trinajstić information content (AvgIpc) is 2.11. The van der Waals surface area contributed by atoms with Crippen molar-refractivity contribution in [3.63, 3.8) is 0 Å². The smallest absolute Gasteiger partial charge is 0.434 e. The quantitative estimate of drug-likeness (QED) is 0.383. The second-order valence-corrected chi connectivity index (χ2v) is 2.52. The van der Waals surface area contributed by atoms with Crippen LogP contribution in [-0.2, 0) is 9.47 Å². The fraction of sp³-hybridized carbons (Fsp3) is 0.700. The van der Waals surface area contributed by atoms with E-state index in [4.69, 9.17) is 0 Å². The first-order valence-electron chi connectivity index (χ1n) is 4.62. The van der Waals surface area contributed by atoms with Gasteiger partial charge in [-0.05, 0) is 13.3 Å². The van der Waals surface area contributed by atoms with Crippen molar-refractivity contribution < 1.29 is 14.3 Å². The highest BCUT2D eigenvalue weighted by Crippen LogP contribution is 1.96. The summed E-state index contributed by atoms with van der Waals surface area (Å²) in [6.07, 6.45) is 5.74. The summed E-state index contributed by atoms with van der Waals surface area (Å²) >= 11 is 0. The molecule has 0 fully saturated rings. The molecular weight excluding hydrogens is 168 g/mol. The molecule has 0 radical (unpaired) electrons. The minimum Gasteiger partial charge on any atom is -0.434 e. The molecule has 13 heavy (non-hydrogen) atoms. The molecule has 0 atom stereocenters. The fourth-order valence-electron chi connectivity index (χ4n) is 0.739. The van der Waals surface area contributed by atoms with Crippen molar-refractivity contribution in [2.75, 3.05) is 6.61 Å². The zero-order valence-electron chi connectivity index (χ0n) is 8.26. The summed E-state index contributed by atoms with van der Waals surface area (Å²) in [5.74, 6) is 2.74. The van der Waals surface area contributed by atoms with E-state index in [0.29, 0.717) is 6.61 Å². The van der Waals surface area contributed by atoms with Gasteiger partial charge in [-0.3, -0.25) is 0 Å².